The Morgan fingerprint density at radius 3 is 1.95 bits per heavy atom. The fourth-order valence-electron chi connectivity index (χ4n) is 7.49. The average molecular weight is 918 g/mol. The van der Waals surface area contributed by atoms with Gasteiger partial charge in [-0.2, -0.15) is 0 Å². The summed E-state index contributed by atoms with van der Waals surface area (Å²) in [5.41, 5.74) is 9.02. The Balaban J connectivity index is 0.000000204. The van der Waals surface area contributed by atoms with Gasteiger partial charge in [-0.05, 0) is 52.0 Å². The molecule has 4 aromatic heterocycles. The minimum Gasteiger partial charge on any atom is -0.501 e. The van der Waals surface area contributed by atoms with Gasteiger partial charge in [0.1, 0.15) is 11.2 Å². The Labute approximate surface area is 338 Å². The number of fused-ring (bicyclic) bond motifs is 8. The van der Waals surface area contributed by atoms with E-state index in [0.29, 0.717) is 0 Å². The van der Waals surface area contributed by atoms with E-state index in [4.69, 9.17) is 13.8 Å². The van der Waals surface area contributed by atoms with E-state index in [2.05, 4.69) is 126 Å². The predicted molar refractivity (Wildman–Crippen MR) is 229 cm³/mol. The fourth-order valence-corrected chi connectivity index (χ4v) is 8.52. The first-order chi connectivity index (χ1) is 26.9. The van der Waals surface area contributed by atoms with Crippen LogP contribution in [0.3, 0.4) is 0 Å². The van der Waals surface area contributed by atoms with Crippen molar-refractivity contribution in [2.75, 3.05) is 0 Å². The molecule has 273 valence electrons. The van der Waals surface area contributed by atoms with Gasteiger partial charge in [0, 0.05) is 42.5 Å². The van der Waals surface area contributed by atoms with Gasteiger partial charge in [-0.1, -0.05) is 116 Å². The Hall–Kier alpha value is -6.11. The van der Waals surface area contributed by atoms with E-state index in [9.17, 15) is 0 Å². The number of hydrogen-bond donors (Lipinski definition) is 0. The number of benzene rings is 7. The Kier molecular flexibility index (Phi) is 9.01. The second-order valence-corrected chi connectivity index (χ2v) is 19.9. The molecule has 0 bridgehead atoms. The number of aromatic nitrogens is 3. The van der Waals surface area contributed by atoms with Crippen LogP contribution in [0.15, 0.2) is 167 Å². The second-order valence-electron chi connectivity index (χ2n) is 14.9. The molecule has 0 spiro atoms. The molecule has 0 saturated heterocycles. The van der Waals surface area contributed by atoms with Crippen LogP contribution < -0.4 is 5.19 Å². The molecule has 0 amide bonds. The molecule has 0 unspecified atom stereocenters. The summed E-state index contributed by atoms with van der Waals surface area (Å²) in [5.74, 6) is 0.762. The van der Waals surface area contributed by atoms with Crippen molar-refractivity contribution in [2.24, 2.45) is 0 Å². The van der Waals surface area contributed by atoms with Gasteiger partial charge in [0.25, 0.3) is 0 Å². The Morgan fingerprint density at radius 2 is 1.25 bits per heavy atom. The van der Waals surface area contributed by atoms with E-state index in [1.165, 1.54) is 5.19 Å². The van der Waals surface area contributed by atoms with Gasteiger partial charge in [-0.25, -0.2) is 0 Å². The maximum atomic E-state index is 6.49. The van der Waals surface area contributed by atoms with Crippen molar-refractivity contribution in [1.82, 2.24) is 14.5 Å². The van der Waals surface area contributed by atoms with Crippen molar-refractivity contribution in [1.29, 1.82) is 0 Å². The number of hydrogen-bond acceptors (Lipinski definition) is 4. The van der Waals surface area contributed by atoms with Crippen molar-refractivity contribution in [2.45, 2.75) is 19.6 Å². The van der Waals surface area contributed by atoms with E-state index in [0.717, 1.165) is 94.0 Å². The summed E-state index contributed by atoms with van der Waals surface area (Å²) in [6.45, 7) is 7.00. The monoisotopic (exact) mass is 918 g/mol. The summed E-state index contributed by atoms with van der Waals surface area (Å²) in [7, 11) is -1.23. The van der Waals surface area contributed by atoms with Crippen molar-refractivity contribution in [3.05, 3.63) is 170 Å². The standard InChI is InChI=1S/C35H19N2O2.C14H16NSi.Ir/c1-2-10-22-20-30-28(19-21(22)9-1)36-35(27-15-7-13-25-23-11-3-5-17-31(23)38-33(25)27)37(30)29-16-8-14-26-24-12-4-6-18-32(24)39-34(26)29;1-16(2,3)13-9-10-14(15-11-13)12-7-5-4-6-8-12;/h1-14,16-20H;4-7,9-11H,1-3H3;/q2*-1;. The molecule has 11 aromatic rings. The predicted octanol–water partition coefficient (Wildman–Crippen LogP) is 12.5. The molecule has 0 N–H and O–H groups in total. The van der Waals surface area contributed by atoms with Crippen LogP contribution in [-0.4, -0.2) is 22.6 Å². The molecule has 4 heterocycles. The van der Waals surface area contributed by atoms with Crippen LogP contribution in [0.5, 0.6) is 0 Å². The quantitative estimate of drug-likeness (QED) is 0.130. The number of pyridine rings is 1. The average Bonchev–Trinajstić information content (AvgIpc) is 3.91. The van der Waals surface area contributed by atoms with Crippen LogP contribution in [0.1, 0.15) is 0 Å². The molecule has 1 radical (unpaired) electrons. The molecule has 0 atom stereocenters. The van der Waals surface area contributed by atoms with Crippen LogP contribution in [0, 0.1) is 12.1 Å². The van der Waals surface area contributed by atoms with E-state index >= 15 is 0 Å². The molecule has 5 nitrogen and oxygen atoms in total. The maximum absolute atomic E-state index is 6.49. The molecule has 0 saturated carbocycles. The Morgan fingerprint density at radius 1 is 0.589 bits per heavy atom. The van der Waals surface area contributed by atoms with Crippen molar-refractivity contribution in [3.8, 4) is 28.3 Å². The van der Waals surface area contributed by atoms with Crippen molar-refractivity contribution in [3.63, 3.8) is 0 Å². The SMILES string of the molecule is C[Si](C)(C)c1ccc(-c2[c-]cccc2)nc1.[Ir].[c-]1ccc2c(oc3ccccc32)c1-c1nc2cc3ccccc3cc2n1-c1cccc2c1oc1ccccc12. The Bertz CT molecular complexity index is 3190. The minimum atomic E-state index is -1.23. The smallest absolute Gasteiger partial charge is 0.158 e. The van der Waals surface area contributed by atoms with Gasteiger partial charge >= 0.3 is 0 Å². The molecule has 0 aliphatic carbocycles. The zero-order chi connectivity index (χ0) is 37.1. The largest absolute Gasteiger partial charge is 0.501 e. The zero-order valence-electron chi connectivity index (χ0n) is 31.0. The van der Waals surface area contributed by atoms with Gasteiger partial charge in [-0.15, -0.1) is 54.1 Å². The molecule has 7 aromatic carbocycles. The molecule has 7 heteroatoms. The summed E-state index contributed by atoms with van der Waals surface area (Å²) in [6, 6.07) is 58.3. The van der Waals surface area contributed by atoms with Gasteiger partial charge in [0.05, 0.1) is 36.2 Å². The summed E-state index contributed by atoms with van der Waals surface area (Å²) >= 11 is 0. The minimum absolute atomic E-state index is 0. The fraction of sp³-hybridized carbons (Fsp3) is 0.0612. The van der Waals surface area contributed by atoms with Gasteiger partial charge < -0.3 is 18.4 Å². The van der Waals surface area contributed by atoms with Crippen LogP contribution in [-0.2, 0) is 20.1 Å². The third-order valence-corrected chi connectivity index (χ3v) is 12.4. The maximum Gasteiger partial charge on any atom is 0.158 e. The van der Waals surface area contributed by atoms with Crippen molar-refractivity contribution < 1.29 is 28.9 Å². The number of imidazole rings is 1. The van der Waals surface area contributed by atoms with Crippen LogP contribution in [0.2, 0.25) is 19.6 Å². The van der Waals surface area contributed by atoms with Crippen molar-refractivity contribution >= 4 is 78.9 Å². The first-order valence-electron chi connectivity index (χ1n) is 18.5. The summed E-state index contributed by atoms with van der Waals surface area (Å²) in [5, 5.41) is 7.99. The molecule has 11 rings (SSSR count). The second kappa shape index (κ2) is 14.2. The summed E-state index contributed by atoms with van der Waals surface area (Å²) in [4.78, 5) is 9.74. The molecule has 0 aliphatic rings. The van der Waals surface area contributed by atoms with Crippen LogP contribution in [0.4, 0.5) is 0 Å². The molecular formula is C49H35IrN3O2Si-2. The third-order valence-electron chi connectivity index (χ3n) is 10.3. The van der Waals surface area contributed by atoms with Crippen LogP contribution in [0.25, 0.3) is 94.0 Å². The van der Waals surface area contributed by atoms with E-state index in [1.54, 1.807) is 0 Å². The number of nitrogens with zero attached hydrogens (tertiary/aromatic N) is 3. The van der Waals surface area contributed by atoms with Gasteiger partial charge in [0.2, 0.25) is 0 Å². The topological polar surface area (TPSA) is 57.0 Å². The molecule has 0 aliphatic heterocycles. The van der Waals surface area contributed by atoms with Crippen LogP contribution >= 0.6 is 0 Å². The molecular weight excluding hydrogens is 883 g/mol. The van der Waals surface area contributed by atoms with E-state index in [1.807, 2.05) is 72.9 Å². The summed E-state index contributed by atoms with van der Waals surface area (Å²) < 4.78 is 15.1. The molecule has 56 heavy (non-hydrogen) atoms. The first-order valence-corrected chi connectivity index (χ1v) is 22.0. The number of furan rings is 2. The third kappa shape index (κ3) is 6.14. The van der Waals surface area contributed by atoms with E-state index in [-0.39, 0.29) is 20.1 Å². The van der Waals surface area contributed by atoms with E-state index < -0.39 is 8.07 Å². The van der Waals surface area contributed by atoms with Gasteiger partial charge in [0.15, 0.2) is 5.58 Å². The summed E-state index contributed by atoms with van der Waals surface area (Å²) in [6.07, 6.45) is 2.02. The van der Waals surface area contributed by atoms with Gasteiger partial charge in [-0.3, -0.25) is 4.98 Å². The first kappa shape index (κ1) is 35.6. The number of para-hydroxylation sites is 3. The normalized spacial score (nSPS) is 11.7. The number of rotatable bonds is 4. The molecule has 0 fully saturated rings. The zero-order valence-corrected chi connectivity index (χ0v) is 34.4.